The van der Waals surface area contributed by atoms with Crippen molar-refractivity contribution >= 4 is 5.91 Å². The zero-order chi connectivity index (χ0) is 19.4. The first-order valence-corrected chi connectivity index (χ1v) is 9.55. The summed E-state index contributed by atoms with van der Waals surface area (Å²) in [5, 5.41) is 7.09. The molecule has 1 aliphatic rings. The molecule has 0 bridgehead atoms. The molecule has 1 amide bonds. The summed E-state index contributed by atoms with van der Waals surface area (Å²) in [6.45, 7) is 6.27. The van der Waals surface area contributed by atoms with Gasteiger partial charge in [-0.3, -0.25) is 4.79 Å². The van der Waals surface area contributed by atoms with Crippen molar-refractivity contribution in [2.75, 3.05) is 13.7 Å². The van der Waals surface area contributed by atoms with Crippen LogP contribution in [-0.4, -0.2) is 40.8 Å². The zero-order valence-corrected chi connectivity index (χ0v) is 16.5. The lowest BCUT2D eigenvalue weighted by Gasteiger charge is -2.27. The highest BCUT2D eigenvalue weighted by atomic mass is 16.5. The third-order valence-corrected chi connectivity index (χ3v) is 5.38. The molecule has 2 atom stereocenters. The fraction of sp³-hybridized carbons (Fsp3) is 0.600. The second-order valence-electron chi connectivity index (χ2n) is 7.26. The molecule has 1 aliphatic carbocycles. The lowest BCUT2D eigenvalue weighted by Crippen LogP contribution is -2.36. The van der Waals surface area contributed by atoms with Gasteiger partial charge >= 0.3 is 0 Å². The minimum Gasteiger partial charge on any atom is -0.381 e. The molecule has 7 heteroatoms. The minimum atomic E-state index is 0.0365. The van der Waals surface area contributed by atoms with Gasteiger partial charge in [0, 0.05) is 37.8 Å². The maximum atomic E-state index is 12.5. The molecular formula is C20H28N4O3. The monoisotopic (exact) mass is 372 g/mol. The van der Waals surface area contributed by atoms with E-state index in [-0.39, 0.29) is 17.9 Å². The van der Waals surface area contributed by atoms with Crippen molar-refractivity contribution in [3.63, 3.8) is 0 Å². The Morgan fingerprint density at radius 2 is 2.15 bits per heavy atom. The van der Waals surface area contributed by atoms with E-state index in [0.717, 1.165) is 48.2 Å². The second-order valence-corrected chi connectivity index (χ2v) is 7.26. The summed E-state index contributed by atoms with van der Waals surface area (Å²) in [5.41, 5.74) is 3.54. The Labute approximate surface area is 159 Å². The van der Waals surface area contributed by atoms with Gasteiger partial charge in [0.05, 0.1) is 23.1 Å². The van der Waals surface area contributed by atoms with Crippen LogP contribution in [0.15, 0.2) is 10.7 Å². The molecule has 0 radical (unpaired) electrons. The van der Waals surface area contributed by atoms with E-state index >= 15 is 0 Å². The Kier molecular flexibility index (Phi) is 6.21. The highest BCUT2D eigenvalue weighted by Crippen LogP contribution is 2.28. The first-order chi connectivity index (χ1) is 13.0. The van der Waals surface area contributed by atoms with E-state index in [0.29, 0.717) is 24.6 Å². The van der Waals surface area contributed by atoms with Gasteiger partial charge in [-0.1, -0.05) is 11.6 Å². The number of ether oxygens (including phenoxy) is 1. The van der Waals surface area contributed by atoms with Crippen molar-refractivity contribution in [2.45, 2.75) is 59.0 Å². The van der Waals surface area contributed by atoms with Crippen molar-refractivity contribution in [1.82, 2.24) is 20.4 Å². The van der Waals surface area contributed by atoms with E-state index in [2.05, 4.69) is 20.4 Å². The van der Waals surface area contributed by atoms with Crippen molar-refractivity contribution in [2.24, 2.45) is 5.92 Å². The van der Waals surface area contributed by atoms with Crippen LogP contribution in [0.25, 0.3) is 11.3 Å². The van der Waals surface area contributed by atoms with Crippen molar-refractivity contribution in [3.8, 4) is 11.3 Å². The Bertz CT molecular complexity index is 803. The SMILES string of the molecule is CO[C@@H]1CCC[C@H](C(=O)NCCc2nc(C)ncc2-c2onc(C)c2C)C1. The summed E-state index contributed by atoms with van der Waals surface area (Å²) in [6, 6.07) is 0. The number of aromatic nitrogens is 3. The smallest absolute Gasteiger partial charge is 0.223 e. The fourth-order valence-corrected chi connectivity index (χ4v) is 3.61. The highest BCUT2D eigenvalue weighted by molar-refractivity contribution is 5.78. The molecule has 0 aliphatic heterocycles. The van der Waals surface area contributed by atoms with Crippen LogP contribution < -0.4 is 5.32 Å². The van der Waals surface area contributed by atoms with E-state index < -0.39 is 0 Å². The summed E-state index contributed by atoms with van der Waals surface area (Å²) in [7, 11) is 1.72. The summed E-state index contributed by atoms with van der Waals surface area (Å²) in [4.78, 5) is 21.4. The summed E-state index contributed by atoms with van der Waals surface area (Å²) >= 11 is 0. The Morgan fingerprint density at radius 3 is 2.85 bits per heavy atom. The van der Waals surface area contributed by atoms with Crippen molar-refractivity contribution in [3.05, 3.63) is 29.0 Å². The first kappa shape index (κ1) is 19.5. The molecule has 146 valence electrons. The number of rotatable bonds is 6. The van der Waals surface area contributed by atoms with Crippen LogP contribution in [-0.2, 0) is 16.0 Å². The third kappa shape index (κ3) is 4.53. The average molecular weight is 372 g/mol. The van der Waals surface area contributed by atoms with Gasteiger partial charge in [-0.25, -0.2) is 9.97 Å². The predicted molar refractivity (Wildman–Crippen MR) is 101 cm³/mol. The number of hydrogen-bond acceptors (Lipinski definition) is 6. The standard InChI is InChI=1S/C20H28N4O3/c1-12-13(2)24-27-19(12)17-11-22-14(3)23-18(17)8-9-21-20(25)15-6-5-7-16(10-15)26-4/h11,15-16H,5-10H2,1-4H3,(H,21,25)/t15-,16+/m0/s1. The van der Waals surface area contributed by atoms with Gasteiger partial charge in [0.2, 0.25) is 5.91 Å². The highest BCUT2D eigenvalue weighted by Gasteiger charge is 2.27. The van der Waals surface area contributed by atoms with Gasteiger partial charge in [0.15, 0.2) is 5.76 Å². The molecule has 27 heavy (non-hydrogen) atoms. The average Bonchev–Trinajstić information content (AvgIpc) is 3.00. The largest absolute Gasteiger partial charge is 0.381 e. The van der Waals surface area contributed by atoms with E-state index in [9.17, 15) is 4.79 Å². The van der Waals surface area contributed by atoms with Crippen molar-refractivity contribution in [1.29, 1.82) is 0 Å². The molecular weight excluding hydrogens is 344 g/mol. The van der Waals surface area contributed by atoms with Crippen LogP contribution in [0.1, 0.15) is 48.5 Å². The van der Waals surface area contributed by atoms with Crippen LogP contribution in [0.4, 0.5) is 0 Å². The van der Waals surface area contributed by atoms with E-state index in [1.807, 2.05) is 20.8 Å². The molecule has 0 aromatic carbocycles. The van der Waals surface area contributed by atoms with Gasteiger partial charge in [0.1, 0.15) is 5.82 Å². The van der Waals surface area contributed by atoms with E-state index in [1.54, 1.807) is 13.3 Å². The molecule has 2 aromatic rings. The lowest BCUT2D eigenvalue weighted by molar-refractivity contribution is -0.127. The maximum Gasteiger partial charge on any atom is 0.223 e. The molecule has 2 aromatic heterocycles. The van der Waals surface area contributed by atoms with Crippen LogP contribution >= 0.6 is 0 Å². The molecule has 1 saturated carbocycles. The van der Waals surface area contributed by atoms with Gasteiger partial charge < -0.3 is 14.6 Å². The second kappa shape index (κ2) is 8.61. The van der Waals surface area contributed by atoms with Gasteiger partial charge in [-0.2, -0.15) is 0 Å². The third-order valence-electron chi connectivity index (χ3n) is 5.38. The predicted octanol–water partition coefficient (Wildman–Crippen LogP) is 2.92. The Balaban J connectivity index is 1.65. The van der Waals surface area contributed by atoms with Crippen LogP contribution in [0, 0.1) is 26.7 Å². The molecule has 0 spiro atoms. The number of carbonyl (C=O) groups is 1. The summed E-state index contributed by atoms with van der Waals surface area (Å²) in [5.74, 6) is 1.54. The molecule has 1 fully saturated rings. The fourth-order valence-electron chi connectivity index (χ4n) is 3.61. The summed E-state index contributed by atoms with van der Waals surface area (Å²) in [6.07, 6.45) is 6.40. The van der Waals surface area contributed by atoms with Crippen LogP contribution in [0.3, 0.4) is 0 Å². The number of nitrogens with zero attached hydrogens (tertiary/aromatic N) is 3. The number of amides is 1. The van der Waals surface area contributed by atoms with E-state index in [4.69, 9.17) is 9.26 Å². The Morgan fingerprint density at radius 1 is 1.33 bits per heavy atom. The molecule has 3 rings (SSSR count). The number of methoxy groups -OCH3 is 1. The van der Waals surface area contributed by atoms with Crippen LogP contribution in [0.5, 0.6) is 0 Å². The van der Waals surface area contributed by atoms with Gasteiger partial charge in [-0.15, -0.1) is 0 Å². The molecule has 0 saturated heterocycles. The molecule has 1 N–H and O–H groups in total. The van der Waals surface area contributed by atoms with Crippen molar-refractivity contribution < 1.29 is 14.1 Å². The molecule has 2 heterocycles. The number of nitrogens with one attached hydrogen (secondary N) is 1. The number of hydrogen-bond donors (Lipinski definition) is 1. The molecule has 0 unspecified atom stereocenters. The summed E-state index contributed by atoms with van der Waals surface area (Å²) < 4.78 is 10.9. The number of carbonyl (C=O) groups excluding carboxylic acids is 1. The molecule has 7 nitrogen and oxygen atoms in total. The van der Waals surface area contributed by atoms with Gasteiger partial charge in [-0.05, 0) is 40.0 Å². The normalized spacial score (nSPS) is 19.9. The quantitative estimate of drug-likeness (QED) is 0.838. The van der Waals surface area contributed by atoms with Crippen LogP contribution in [0.2, 0.25) is 0 Å². The first-order valence-electron chi connectivity index (χ1n) is 9.55. The maximum absolute atomic E-state index is 12.5. The van der Waals surface area contributed by atoms with Gasteiger partial charge in [0.25, 0.3) is 0 Å². The topological polar surface area (TPSA) is 90.1 Å². The lowest BCUT2D eigenvalue weighted by atomic mass is 9.86. The number of aryl methyl sites for hydroxylation is 2. The Hall–Kier alpha value is -2.28. The van der Waals surface area contributed by atoms with E-state index in [1.165, 1.54) is 0 Å². The minimum absolute atomic E-state index is 0.0365. The zero-order valence-electron chi connectivity index (χ0n) is 16.5.